The van der Waals surface area contributed by atoms with E-state index in [-0.39, 0.29) is 17.2 Å². The highest BCUT2D eigenvalue weighted by Gasteiger charge is 2.46. The lowest BCUT2D eigenvalue weighted by Gasteiger charge is -2.25. The summed E-state index contributed by atoms with van der Waals surface area (Å²) in [5.41, 5.74) is 6.89. The third-order valence-electron chi connectivity index (χ3n) is 4.63. The fourth-order valence-electron chi connectivity index (χ4n) is 3.36. The summed E-state index contributed by atoms with van der Waals surface area (Å²) in [6.07, 6.45) is 0. The fraction of sp³-hybridized carbons (Fsp3) is 0.316. The molecule has 2 N–H and O–H groups in total. The number of rotatable bonds is 6. The molecule has 9 nitrogen and oxygen atoms in total. The molecular weight excluding hydrogens is 400 g/mol. The smallest absolute Gasteiger partial charge is 0.243 e. The molecule has 1 aliphatic heterocycles. The van der Waals surface area contributed by atoms with Crippen molar-refractivity contribution in [1.82, 2.24) is 0 Å². The zero-order valence-electron chi connectivity index (χ0n) is 16.5. The van der Waals surface area contributed by atoms with Gasteiger partial charge >= 0.3 is 0 Å². The summed E-state index contributed by atoms with van der Waals surface area (Å²) in [6, 6.07) is 7.70. The van der Waals surface area contributed by atoms with Gasteiger partial charge in [0.25, 0.3) is 0 Å². The summed E-state index contributed by atoms with van der Waals surface area (Å²) in [4.78, 5) is 13.9. The molecule has 1 unspecified atom stereocenters. The van der Waals surface area contributed by atoms with E-state index in [2.05, 4.69) is 0 Å². The zero-order chi connectivity index (χ0) is 21.3. The molecule has 0 radical (unpaired) electrons. The first-order valence-electron chi connectivity index (χ1n) is 8.54. The minimum Gasteiger partial charge on any atom is -0.495 e. The standard InChI is InChI=1S/C19H22N2O7S/c1-25-14-6-5-12(9-13(14)20)21-17(22)10-29(23,24)19(21)11-7-15(26-2)18(28-4)16(8-11)27-3/h5-9,19H,10,20H2,1-4H3. The third kappa shape index (κ3) is 3.51. The van der Waals surface area contributed by atoms with Crippen LogP contribution in [0, 0.1) is 0 Å². The SMILES string of the molecule is COc1ccc(N2C(=O)CS(=O)(=O)C2c2cc(OC)c(OC)c(OC)c2)cc1N. The lowest BCUT2D eigenvalue weighted by Crippen LogP contribution is -2.29. The number of ether oxygens (including phenoxy) is 4. The van der Waals surface area contributed by atoms with Gasteiger partial charge in [-0.2, -0.15) is 0 Å². The summed E-state index contributed by atoms with van der Waals surface area (Å²) >= 11 is 0. The molecule has 1 fully saturated rings. The monoisotopic (exact) mass is 422 g/mol. The molecule has 29 heavy (non-hydrogen) atoms. The lowest BCUT2D eigenvalue weighted by molar-refractivity contribution is -0.115. The molecule has 1 atom stereocenters. The van der Waals surface area contributed by atoms with Gasteiger partial charge in [0.15, 0.2) is 26.7 Å². The van der Waals surface area contributed by atoms with E-state index in [9.17, 15) is 13.2 Å². The Morgan fingerprint density at radius 3 is 2.00 bits per heavy atom. The molecule has 0 bridgehead atoms. The number of carbonyl (C=O) groups excluding carboxylic acids is 1. The maximum absolute atomic E-state index is 12.9. The van der Waals surface area contributed by atoms with Crippen LogP contribution in [0.3, 0.4) is 0 Å². The van der Waals surface area contributed by atoms with Crippen LogP contribution in [0.4, 0.5) is 11.4 Å². The summed E-state index contributed by atoms with van der Waals surface area (Å²) in [6.45, 7) is 0. The van der Waals surface area contributed by atoms with Gasteiger partial charge in [0.2, 0.25) is 11.7 Å². The molecule has 0 aliphatic carbocycles. The topological polar surface area (TPSA) is 117 Å². The van der Waals surface area contributed by atoms with Gasteiger partial charge in [-0.25, -0.2) is 8.42 Å². The van der Waals surface area contributed by atoms with Crippen LogP contribution in [0.1, 0.15) is 10.9 Å². The Morgan fingerprint density at radius 1 is 0.931 bits per heavy atom. The molecule has 1 amide bonds. The van der Waals surface area contributed by atoms with Crippen LogP contribution in [0.15, 0.2) is 30.3 Å². The van der Waals surface area contributed by atoms with Crippen molar-refractivity contribution < 1.29 is 32.2 Å². The van der Waals surface area contributed by atoms with Gasteiger partial charge < -0.3 is 24.7 Å². The first-order chi connectivity index (χ1) is 13.8. The molecular formula is C19H22N2O7S. The van der Waals surface area contributed by atoms with Crippen molar-refractivity contribution in [3.63, 3.8) is 0 Å². The van der Waals surface area contributed by atoms with Gasteiger partial charge in [0.1, 0.15) is 11.5 Å². The number of carbonyl (C=O) groups is 1. The largest absolute Gasteiger partial charge is 0.495 e. The van der Waals surface area contributed by atoms with Gasteiger partial charge in [-0.05, 0) is 35.9 Å². The average molecular weight is 422 g/mol. The number of nitrogen functional groups attached to an aromatic ring is 1. The Balaban J connectivity index is 2.19. The maximum atomic E-state index is 12.9. The second-order valence-electron chi connectivity index (χ2n) is 6.31. The minimum absolute atomic E-state index is 0.283. The highest BCUT2D eigenvalue weighted by Crippen LogP contribution is 2.45. The second-order valence-corrected chi connectivity index (χ2v) is 8.37. The molecule has 0 saturated carbocycles. The van der Waals surface area contributed by atoms with Crippen molar-refractivity contribution in [3.8, 4) is 23.0 Å². The van der Waals surface area contributed by atoms with Crippen molar-refractivity contribution in [3.05, 3.63) is 35.9 Å². The van der Waals surface area contributed by atoms with Gasteiger partial charge in [0, 0.05) is 5.69 Å². The van der Waals surface area contributed by atoms with E-state index in [1.807, 2.05) is 0 Å². The zero-order valence-corrected chi connectivity index (χ0v) is 17.3. The number of sulfone groups is 1. The molecule has 156 valence electrons. The Bertz CT molecular complexity index is 1030. The number of amides is 1. The molecule has 1 aliphatic rings. The van der Waals surface area contributed by atoms with Crippen molar-refractivity contribution >= 4 is 27.1 Å². The molecule has 0 aromatic heterocycles. The predicted octanol–water partition coefficient (Wildman–Crippen LogP) is 1.76. The molecule has 1 heterocycles. The van der Waals surface area contributed by atoms with E-state index in [1.54, 1.807) is 12.1 Å². The van der Waals surface area contributed by atoms with Gasteiger partial charge in [0.05, 0.1) is 34.1 Å². The summed E-state index contributed by atoms with van der Waals surface area (Å²) < 4.78 is 46.8. The van der Waals surface area contributed by atoms with Crippen molar-refractivity contribution in [2.75, 3.05) is 44.8 Å². The summed E-state index contributed by atoms with van der Waals surface area (Å²) in [5, 5.41) is -1.27. The van der Waals surface area contributed by atoms with Crippen molar-refractivity contribution in [2.45, 2.75) is 5.37 Å². The Kier molecular flexibility index (Phi) is 5.47. The van der Waals surface area contributed by atoms with Crippen LogP contribution < -0.4 is 29.6 Å². The van der Waals surface area contributed by atoms with Crippen LogP contribution in [0.25, 0.3) is 0 Å². The number of methoxy groups -OCH3 is 4. The highest BCUT2D eigenvalue weighted by atomic mass is 32.2. The Labute approximate surface area is 168 Å². The van der Waals surface area contributed by atoms with Crippen LogP contribution in [0.5, 0.6) is 23.0 Å². The third-order valence-corrected chi connectivity index (χ3v) is 6.44. The first-order valence-corrected chi connectivity index (χ1v) is 10.3. The quantitative estimate of drug-likeness (QED) is 0.700. The van der Waals surface area contributed by atoms with E-state index in [1.165, 1.54) is 51.5 Å². The molecule has 3 rings (SSSR count). The number of hydrogen-bond donors (Lipinski definition) is 1. The Morgan fingerprint density at radius 2 is 1.52 bits per heavy atom. The van der Waals surface area contributed by atoms with E-state index in [0.717, 1.165) is 0 Å². The van der Waals surface area contributed by atoms with Gasteiger partial charge in [-0.15, -0.1) is 0 Å². The number of nitrogens with two attached hydrogens (primary N) is 1. The molecule has 2 aromatic carbocycles. The highest BCUT2D eigenvalue weighted by molar-refractivity contribution is 7.93. The number of anilines is 2. The summed E-state index contributed by atoms with van der Waals surface area (Å²) in [5.74, 6) is 0.123. The number of nitrogens with zero attached hydrogens (tertiary/aromatic N) is 1. The van der Waals surface area contributed by atoms with Gasteiger partial charge in [-0.3, -0.25) is 9.69 Å². The molecule has 1 saturated heterocycles. The molecule has 0 spiro atoms. The second kappa shape index (κ2) is 7.70. The maximum Gasteiger partial charge on any atom is 0.243 e. The van der Waals surface area contributed by atoms with Crippen molar-refractivity contribution in [2.24, 2.45) is 0 Å². The average Bonchev–Trinajstić information content (AvgIpc) is 2.94. The van der Waals surface area contributed by atoms with Crippen molar-refractivity contribution in [1.29, 1.82) is 0 Å². The minimum atomic E-state index is -3.83. The number of benzene rings is 2. The van der Waals surface area contributed by atoms with Crippen LogP contribution >= 0.6 is 0 Å². The normalized spacial score (nSPS) is 17.9. The summed E-state index contributed by atoms with van der Waals surface area (Å²) in [7, 11) is 1.94. The Hall–Kier alpha value is -3.14. The predicted molar refractivity (Wildman–Crippen MR) is 108 cm³/mol. The molecule has 10 heteroatoms. The van der Waals surface area contributed by atoms with E-state index < -0.39 is 26.9 Å². The van der Waals surface area contributed by atoms with E-state index >= 15 is 0 Å². The number of hydrogen-bond acceptors (Lipinski definition) is 8. The van der Waals surface area contributed by atoms with E-state index in [0.29, 0.717) is 22.7 Å². The molecule has 2 aromatic rings. The lowest BCUT2D eigenvalue weighted by atomic mass is 10.1. The first kappa shape index (κ1) is 20.6. The van der Waals surface area contributed by atoms with Crippen LogP contribution in [-0.4, -0.2) is 48.5 Å². The van der Waals surface area contributed by atoms with Crippen LogP contribution in [0.2, 0.25) is 0 Å². The van der Waals surface area contributed by atoms with E-state index in [4.69, 9.17) is 24.7 Å². The van der Waals surface area contributed by atoms with Gasteiger partial charge in [-0.1, -0.05) is 0 Å². The fourth-order valence-corrected chi connectivity index (χ4v) is 5.12. The van der Waals surface area contributed by atoms with Crippen LogP contribution in [-0.2, 0) is 14.6 Å².